The molecule has 6 heteroatoms. The van der Waals surface area contributed by atoms with Crippen LogP contribution in [0.4, 0.5) is 4.79 Å². The van der Waals surface area contributed by atoms with Gasteiger partial charge in [-0.25, -0.2) is 4.79 Å². The quantitative estimate of drug-likeness (QED) is 0.473. The maximum atomic E-state index is 13.7. The molecule has 0 radical (unpaired) electrons. The molecule has 1 saturated heterocycles. The van der Waals surface area contributed by atoms with E-state index in [2.05, 4.69) is 57.3 Å². The van der Waals surface area contributed by atoms with Gasteiger partial charge in [-0.1, -0.05) is 80.7 Å². The van der Waals surface area contributed by atoms with E-state index in [1.165, 1.54) is 5.19 Å². The molecule has 3 atom stereocenters. The summed E-state index contributed by atoms with van der Waals surface area (Å²) >= 11 is 0. The van der Waals surface area contributed by atoms with Crippen LogP contribution in [0.25, 0.3) is 0 Å². The summed E-state index contributed by atoms with van der Waals surface area (Å²) < 4.78 is 12.4. The Labute approximate surface area is 217 Å². The summed E-state index contributed by atoms with van der Waals surface area (Å²) in [5, 5.41) is 12.4. The summed E-state index contributed by atoms with van der Waals surface area (Å²) in [6, 6.07) is 18.4. The molecule has 0 unspecified atom stereocenters. The van der Waals surface area contributed by atoms with Gasteiger partial charge in [0.2, 0.25) is 0 Å². The van der Waals surface area contributed by atoms with E-state index < -0.39 is 19.3 Å². The lowest BCUT2D eigenvalue weighted by molar-refractivity contribution is -0.0617. The van der Waals surface area contributed by atoms with Crippen LogP contribution in [0.5, 0.6) is 5.75 Å². The second kappa shape index (κ2) is 9.21. The number of nitrogens with zero attached hydrogens (tertiary/aromatic N) is 1. The third kappa shape index (κ3) is 4.94. The van der Waals surface area contributed by atoms with E-state index in [0.717, 1.165) is 18.4 Å². The molecular formula is C30H43NO4Si. The molecule has 0 bridgehead atoms. The predicted molar refractivity (Wildman–Crippen MR) is 147 cm³/mol. The molecule has 2 aromatic carbocycles. The summed E-state index contributed by atoms with van der Waals surface area (Å²) in [6.45, 7) is 17.7. The highest BCUT2D eigenvalue weighted by Crippen LogP contribution is 2.52. The van der Waals surface area contributed by atoms with Gasteiger partial charge in [-0.15, -0.1) is 0 Å². The van der Waals surface area contributed by atoms with Gasteiger partial charge >= 0.3 is 6.09 Å². The number of para-hydroxylation sites is 1. The van der Waals surface area contributed by atoms with Crippen molar-refractivity contribution in [1.29, 1.82) is 0 Å². The van der Waals surface area contributed by atoms with Crippen molar-refractivity contribution in [2.45, 2.75) is 90.4 Å². The maximum absolute atomic E-state index is 13.7. The molecule has 2 aromatic rings. The molecule has 4 rings (SSSR count). The van der Waals surface area contributed by atoms with Crippen LogP contribution in [0.15, 0.2) is 54.6 Å². The molecule has 0 aromatic heterocycles. The van der Waals surface area contributed by atoms with Crippen molar-refractivity contribution >= 4 is 19.4 Å². The first-order valence-electron chi connectivity index (χ1n) is 13.1. The van der Waals surface area contributed by atoms with Crippen LogP contribution in [0.2, 0.25) is 13.1 Å². The van der Waals surface area contributed by atoms with Gasteiger partial charge in [0.1, 0.15) is 17.6 Å². The van der Waals surface area contributed by atoms with Crippen molar-refractivity contribution < 1.29 is 19.4 Å². The third-order valence-electron chi connectivity index (χ3n) is 8.37. The maximum Gasteiger partial charge on any atom is 0.412 e. The Kier molecular flexibility index (Phi) is 6.84. The van der Waals surface area contributed by atoms with E-state index >= 15 is 0 Å². The molecule has 1 N–H and O–H groups in total. The second-order valence-corrected chi connectivity index (χ2v) is 17.8. The van der Waals surface area contributed by atoms with E-state index in [4.69, 9.17) is 9.47 Å². The van der Waals surface area contributed by atoms with Gasteiger partial charge in [0, 0.05) is 5.92 Å². The largest absolute Gasteiger partial charge is 0.508 e. The Balaban J connectivity index is 1.76. The lowest BCUT2D eigenvalue weighted by atomic mass is 9.88. The molecule has 5 nitrogen and oxygen atoms in total. The summed E-state index contributed by atoms with van der Waals surface area (Å²) in [4.78, 5) is 15.5. The summed E-state index contributed by atoms with van der Waals surface area (Å²) in [5.41, 5.74) is -0.103. The zero-order valence-corrected chi connectivity index (χ0v) is 24.2. The van der Waals surface area contributed by atoms with E-state index in [9.17, 15) is 9.90 Å². The molecule has 36 heavy (non-hydrogen) atoms. The number of hydrogen-bond acceptors (Lipinski definition) is 4. The number of carbonyl (C=O) groups excluding carboxylic acids is 1. The van der Waals surface area contributed by atoms with Crippen molar-refractivity contribution in [1.82, 2.24) is 4.90 Å². The molecule has 2 fully saturated rings. The van der Waals surface area contributed by atoms with Gasteiger partial charge in [-0.3, -0.25) is 4.90 Å². The zero-order valence-electron chi connectivity index (χ0n) is 23.2. The Morgan fingerprint density at radius 2 is 1.61 bits per heavy atom. The number of phenols is 1. The summed E-state index contributed by atoms with van der Waals surface area (Å²) in [7, 11) is -2.18. The molecule has 1 aliphatic heterocycles. The number of ether oxygens (including phenoxy) is 2. The summed E-state index contributed by atoms with van der Waals surface area (Å²) in [6.07, 6.45) is 1.16. The number of amides is 1. The summed E-state index contributed by atoms with van der Waals surface area (Å²) in [5.74, 6) is 0.415. The monoisotopic (exact) mass is 509 g/mol. The van der Waals surface area contributed by atoms with E-state index in [-0.39, 0.29) is 29.1 Å². The predicted octanol–water partition coefficient (Wildman–Crippen LogP) is 6.42. The van der Waals surface area contributed by atoms with Crippen LogP contribution in [0.3, 0.4) is 0 Å². The second-order valence-electron chi connectivity index (χ2n) is 13.2. The molecule has 1 saturated carbocycles. The fourth-order valence-corrected chi connectivity index (χ4v) is 10.7. The minimum Gasteiger partial charge on any atom is -0.508 e. The topological polar surface area (TPSA) is 59.0 Å². The van der Waals surface area contributed by atoms with E-state index in [1.807, 2.05) is 45.9 Å². The Bertz CT molecular complexity index is 1080. The van der Waals surface area contributed by atoms with Crippen molar-refractivity contribution in [2.75, 3.05) is 6.61 Å². The van der Waals surface area contributed by atoms with Crippen LogP contribution >= 0.6 is 0 Å². The standard InChI is InChI=1S/C30H43NO4Si/c1-28(2)18-23(25(19-28)35-27(33)31-29(3,4)20-34-30(31,5)6)26(22-16-12-13-17-24(22)32)36(7,8)21-14-10-9-11-15-21/h9-17,23,25-26,32H,18-20H2,1-8H3/t23-,25-,26+/m1/s1. The molecule has 1 amide bonds. The van der Waals surface area contributed by atoms with Crippen LogP contribution in [0.1, 0.15) is 65.5 Å². The average molecular weight is 510 g/mol. The van der Waals surface area contributed by atoms with Gasteiger partial charge in [-0.2, -0.15) is 0 Å². The average Bonchev–Trinajstić information content (AvgIpc) is 3.19. The Morgan fingerprint density at radius 1 is 1.00 bits per heavy atom. The number of hydrogen-bond donors (Lipinski definition) is 1. The van der Waals surface area contributed by atoms with Gasteiger partial charge < -0.3 is 14.6 Å². The number of aromatic hydroxyl groups is 1. The lowest BCUT2D eigenvalue weighted by Gasteiger charge is -2.41. The highest BCUT2D eigenvalue weighted by atomic mass is 28.3. The van der Waals surface area contributed by atoms with Gasteiger partial charge in [0.15, 0.2) is 0 Å². The number of phenolic OH excluding ortho intramolecular Hbond substituents is 1. The van der Waals surface area contributed by atoms with Crippen molar-refractivity contribution in [3.8, 4) is 5.75 Å². The van der Waals surface area contributed by atoms with Crippen LogP contribution < -0.4 is 5.19 Å². The molecular weight excluding hydrogens is 466 g/mol. The first-order chi connectivity index (χ1) is 16.7. The minimum absolute atomic E-state index is 0.0198. The van der Waals surface area contributed by atoms with Crippen molar-refractivity contribution in [3.05, 3.63) is 60.2 Å². The zero-order chi connectivity index (χ0) is 26.5. The molecule has 0 spiro atoms. The van der Waals surface area contributed by atoms with Gasteiger partial charge in [0.05, 0.1) is 20.2 Å². The Morgan fingerprint density at radius 3 is 2.19 bits per heavy atom. The van der Waals surface area contributed by atoms with E-state index in [0.29, 0.717) is 12.4 Å². The minimum atomic E-state index is -2.18. The lowest BCUT2D eigenvalue weighted by Crippen LogP contribution is -2.55. The number of rotatable bonds is 5. The van der Waals surface area contributed by atoms with Crippen molar-refractivity contribution in [2.24, 2.45) is 11.3 Å². The fraction of sp³-hybridized carbons (Fsp3) is 0.567. The first-order valence-corrected chi connectivity index (χ1v) is 16.2. The first kappa shape index (κ1) is 26.7. The van der Waals surface area contributed by atoms with Crippen LogP contribution in [0, 0.1) is 11.3 Å². The van der Waals surface area contributed by atoms with Crippen LogP contribution in [-0.2, 0) is 9.47 Å². The smallest absolute Gasteiger partial charge is 0.412 e. The Hall–Kier alpha value is -2.31. The molecule has 1 heterocycles. The molecule has 1 aliphatic carbocycles. The highest BCUT2D eigenvalue weighted by Gasteiger charge is 2.54. The SMILES string of the molecule is CC1(C)C[C@@H]([C@H](c2ccccc2O)[Si](C)(C)c2ccccc2)[C@H](OC(=O)N2C(C)(C)COC2(C)C)C1. The van der Waals surface area contributed by atoms with Gasteiger partial charge in [-0.05, 0) is 63.1 Å². The van der Waals surface area contributed by atoms with Crippen LogP contribution in [-0.4, -0.2) is 48.1 Å². The molecule has 196 valence electrons. The van der Waals surface area contributed by atoms with E-state index in [1.54, 1.807) is 11.0 Å². The fourth-order valence-electron chi connectivity index (χ4n) is 6.82. The highest BCUT2D eigenvalue weighted by molar-refractivity contribution is 6.91. The van der Waals surface area contributed by atoms with Crippen molar-refractivity contribution in [3.63, 3.8) is 0 Å². The third-order valence-corrected chi connectivity index (χ3v) is 12.5. The number of carbonyl (C=O) groups is 1. The normalized spacial score (nSPS) is 25.5. The number of benzene rings is 2. The van der Waals surface area contributed by atoms with Gasteiger partial charge in [0.25, 0.3) is 0 Å². The molecule has 2 aliphatic rings.